The van der Waals surface area contributed by atoms with Gasteiger partial charge in [-0.2, -0.15) is 4.98 Å². The lowest BCUT2D eigenvalue weighted by Gasteiger charge is -2.39. The van der Waals surface area contributed by atoms with E-state index in [1.807, 2.05) is 55.5 Å². The molecule has 39 heavy (non-hydrogen) atoms. The van der Waals surface area contributed by atoms with Gasteiger partial charge in [-0.05, 0) is 68.5 Å². The standard InChI is InChI=1S/C32H37N5O2/c1-23(2)14-18-36-19-15-29(16-20-36)37(32(38)27-10-6-24(3)7-11-27)22-25-8-12-26(13-9-25)30-34-31(39-35-30)28-5-4-17-33-21-28/h4-13,17,21,23,29H,14-16,18-20,22H2,1-3H3. The zero-order chi connectivity index (χ0) is 27.2. The van der Waals surface area contributed by atoms with E-state index in [1.54, 1.807) is 12.4 Å². The van der Waals surface area contributed by atoms with Gasteiger partial charge in [0.15, 0.2) is 0 Å². The molecule has 1 saturated heterocycles. The van der Waals surface area contributed by atoms with Gasteiger partial charge in [-0.15, -0.1) is 0 Å². The molecule has 0 saturated carbocycles. The van der Waals surface area contributed by atoms with E-state index in [9.17, 15) is 4.79 Å². The average molecular weight is 524 g/mol. The Morgan fingerprint density at radius 2 is 1.77 bits per heavy atom. The summed E-state index contributed by atoms with van der Waals surface area (Å²) in [5.74, 6) is 1.78. The summed E-state index contributed by atoms with van der Waals surface area (Å²) in [5.41, 5.74) is 4.63. The molecule has 5 rings (SSSR count). The number of likely N-dealkylation sites (tertiary alicyclic amines) is 1. The molecule has 1 amide bonds. The number of aryl methyl sites for hydroxylation is 1. The fraction of sp³-hybridized carbons (Fsp3) is 0.375. The maximum absolute atomic E-state index is 13.8. The Kier molecular flexibility index (Phi) is 8.47. The number of benzene rings is 2. The topological polar surface area (TPSA) is 75.4 Å². The first-order chi connectivity index (χ1) is 19.0. The van der Waals surface area contributed by atoms with Gasteiger partial charge in [0.1, 0.15) is 0 Å². The van der Waals surface area contributed by atoms with Gasteiger partial charge in [-0.3, -0.25) is 9.78 Å². The molecule has 0 bridgehead atoms. The second-order valence-electron chi connectivity index (χ2n) is 10.9. The van der Waals surface area contributed by atoms with E-state index in [-0.39, 0.29) is 11.9 Å². The smallest absolute Gasteiger partial charge is 0.259 e. The molecule has 7 nitrogen and oxygen atoms in total. The lowest BCUT2D eigenvalue weighted by Crippen LogP contribution is -2.47. The lowest BCUT2D eigenvalue weighted by molar-refractivity contribution is 0.0546. The Morgan fingerprint density at radius 1 is 1.03 bits per heavy atom. The summed E-state index contributed by atoms with van der Waals surface area (Å²) < 4.78 is 5.45. The maximum Gasteiger partial charge on any atom is 0.259 e. The first kappa shape index (κ1) is 26.8. The molecule has 1 fully saturated rings. The van der Waals surface area contributed by atoms with E-state index in [4.69, 9.17) is 4.52 Å². The molecule has 0 atom stereocenters. The van der Waals surface area contributed by atoms with Crippen LogP contribution in [0.5, 0.6) is 0 Å². The van der Waals surface area contributed by atoms with Crippen molar-refractivity contribution in [1.29, 1.82) is 0 Å². The number of aromatic nitrogens is 3. The minimum Gasteiger partial charge on any atom is -0.334 e. The fourth-order valence-corrected chi connectivity index (χ4v) is 5.03. The van der Waals surface area contributed by atoms with E-state index >= 15 is 0 Å². The van der Waals surface area contributed by atoms with Crippen molar-refractivity contribution >= 4 is 5.91 Å². The van der Waals surface area contributed by atoms with Crippen molar-refractivity contribution in [3.05, 3.63) is 89.7 Å². The number of carbonyl (C=O) groups excluding carboxylic acids is 1. The van der Waals surface area contributed by atoms with E-state index in [0.717, 1.165) is 60.3 Å². The van der Waals surface area contributed by atoms with Crippen LogP contribution in [-0.4, -0.2) is 56.5 Å². The number of piperidine rings is 1. The van der Waals surface area contributed by atoms with E-state index in [1.165, 1.54) is 6.42 Å². The Hall–Kier alpha value is -3.84. The zero-order valence-electron chi connectivity index (χ0n) is 23.1. The van der Waals surface area contributed by atoms with Crippen molar-refractivity contribution in [1.82, 2.24) is 24.9 Å². The summed E-state index contributed by atoms with van der Waals surface area (Å²) in [5, 5.41) is 4.15. The van der Waals surface area contributed by atoms with Crippen LogP contribution in [0.2, 0.25) is 0 Å². The number of amides is 1. The van der Waals surface area contributed by atoms with Gasteiger partial charge in [0.05, 0.1) is 5.56 Å². The Bertz CT molecular complexity index is 1340. The highest BCUT2D eigenvalue weighted by atomic mass is 16.5. The van der Waals surface area contributed by atoms with Crippen molar-refractivity contribution in [2.75, 3.05) is 19.6 Å². The summed E-state index contributed by atoms with van der Waals surface area (Å²) >= 11 is 0. The molecule has 3 heterocycles. The molecule has 0 aliphatic carbocycles. The summed E-state index contributed by atoms with van der Waals surface area (Å²) in [6.07, 6.45) is 6.62. The number of nitrogens with zero attached hydrogens (tertiary/aromatic N) is 5. The lowest BCUT2D eigenvalue weighted by atomic mass is 9.99. The quantitative estimate of drug-likeness (QED) is 0.258. The molecule has 7 heteroatoms. The van der Waals surface area contributed by atoms with Crippen LogP contribution in [0.4, 0.5) is 0 Å². The van der Waals surface area contributed by atoms with Crippen LogP contribution in [0.25, 0.3) is 22.8 Å². The van der Waals surface area contributed by atoms with Crippen LogP contribution in [0.15, 0.2) is 77.6 Å². The normalized spacial score (nSPS) is 14.6. The minimum atomic E-state index is 0.0963. The van der Waals surface area contributed by atoms with Crippen molar-refractivity contribution in [2.24, 2.45) is 5.92 Å². The SMILES string of the molecule is Cc1ccc(C(=O)N(Cc2ccc(-c3noc(-c4cccnc4)n3)cc2)C2CCN(CCC(C)C)CC2)cc1. The van der Waals surface area contributed by atoms with Gasteiger partial charge >= 0.3 is 0 Å². The van der Waals surface area contributed by atoms with E-state index in [2.05, 4.69) is 50.9 Å². The minimum absolute atomic E-state index is 0.0963. The Labute approximate surface area is 230 Å². The van der Waals surface area contributed by atoms with Crippen LogP contribution in [0.1, 0.15) is 54.6 Å². The zero-order valence-corrected chi connectivity index (χ0v) is 23.1. The van der Waals surface area contributed by atoms with Gasteiger partial charge in [-0.25, -0.2) is 0 Å². The summed E-state index contributed by atoms with van der Waals surface area (Å²) in [7, 11) is 0. The monoisotopic (exact) mass is 523 g/mol. The predicted molar refractivity (Wildman–Crippen MR) is 153 cm³/mol. The van der Waals surface area contributed by atoms with Crippen LogP contribution in [0.3, 0.4) is 0 Å². The summed E-state index contributed by atoms with van der Waals surface area (Å²) in [6.45, 7) is 10.4. The summed E-state index contributed by atoms with van der Waals surface area (Å²) in [4.78, 5) is 27.0. The largest absolute Gasteiger partial charge is 0.334 e. The molecule has 4 aromatic rings. The van der Waals surface area contributed by atoms with E-state index in [0.29, 0.717) is 24.2 Å². The van der Waals surface area contributed by atoms with Crippen molar-refractivity contribution in [2.45, 2.75) is 52.6 Å². The highest BCUT2D eigenvalue weighted by molar-refractivity contribution is 5.94. The Morgan fingerprint density at radius 3 is 2.44 bits per heavy atom. The Balaban J connectivity index is 1.31. The molecular weight excluding hydrogens is 486 g/mol. The van der Waals surface area contributed by atoms with Gasteiger partial charge in [0, 0.05) is 49.2 Å². The first-order valence-corrected chi connectivity index (χ1v) is 13.9. The predicted octanol–water partition coefficient (Wildman–Crippen LogP) is 6.26. The molecule has 2 aromatic heterocycles. The van der Waals surface area contributed by atoms with Crippen LogP contribution in [0, 0.1) is 12.8 Å². The average Bonchev–Trinajstić information content (AvgIpc) is 3.47. The molecule has 202 valence electrons. The van der Waals surface area contributed by atoms with E-state index < -0.39 is 0 Å². The second kappa shape index (κ2) is 12.3. The highest BCUT2D eigenvalue weighted by Gasteiger charge is 2.29. The number of hydrogen-bond donors (Lipinski definition) is 0. The second-order valence-corrected chi connectivity index (χ2v) is 10.9. The molecule has 0 radical (unpaired) electrons. The maximum atomic E-state index is 13.8. The first-order valence-electron chi connectivity index (χ1n) is 13.9. The van der Waals surface area contributed by atoms with Crippen LogP contribution in [-0.2, 0) is 6.54 Å². The molecule has 0 unspecified atom stereocenters. The third-order valence-corrected chi connectivity index (χ3v) is 7.48. The molecule has 1 aliphatic rings. The van der Waals surface area contributed by atoms with Gasteiger partial charge in [0.2, 0.25) is 5.82 Å². The van der Waals surface area contributed by atoms with Crippen molar-refractivity contribution < 1.29 is 9.32 Å². The molecule has 0 spiro atoms. The van der Waals surface area contributed by atoms with Crippen molar-refractivity contribution in [3.8, 4) is 22.8 Å². The molecule has 2 aromatic carbocycles. The van der Waals surface area contributed by atoms with Gasteiger partial charge < -0.3 is 14.3 Å². The summed E-state index contributed by atoms with van der Waals surface area (Å²) in [6, 6.07) is 20.0. The molecular formula is C32H37N5O2. The number of rotatable bonds is 9. The number of hydrogen-bond acceptors (Lipinski definition) is 6. The third-order valence-electron chi connectivity index (χ3n) is 7.48. The van der Waals surface area contributed by atoms with Crippen molar-refractivity contribution in [3.63, 3.8) is 0 Å². The molecule has 0 N–H and O–H groups in total. The van der Waals surface area contributed by atoms with Crippen LogP contribution >= 0.6 is 0 Å². The highest BCUT2D eigenvalue weighted by Crippen LogP contribution is 2.25. The van der Waals surface area contributed by atoms with Gasteiger partial charge in [-0.1, -0.05) is 61.0 Å². The number of carbonyl (C=O) groups is 1. The number of pyridine rings is 1. The fourth-order valence-electron chi connectivity index (χ4n) is 5.03. The van der Waals surface area contributed by atoms with Crippen LogP contribution < -0.4 is 0 Å². The van der Waals surface area contributed by atoms with Gasteiger partial charge in [0.25, 0.3) is 11.8 Å². The third kappa shape index (κ3) is 6.79. The molecule has 1 aliphatic heterocycles.